The number of nitrogens with zero attached hydrogens (tertiary/aromatic N) is 1. The van der Waals surface area contributed by atoms with Gasteiger partial charge < -0.3 is 4.74 Å². The third kappa shape index (κ3) is 1.96. The van der Waals surface area contributed by atoms with Crippen molar-refractivity contribution in [1.82, 2.24) is 4.98 Å². The molecule has 0 bridgehead atoms. The molecule has 0 amide bonds. The molecule has 2 aromatic carbocycles. The van der Waals surface area contributed by atoms with E-state index >= 15 is 0 Å². The van der Waals surface area contributed by atoms with Crippen LogP contribution in [0.25, 0.3) is 31.1 Å². The Morgan fingerprint density at radius 1 is 1.00 bits per heavy atom. The van der Waals surface area contributed by atoms with Gasteiger partial charge in [0.05, 0.1) is 16.8 Å². The van der Waals surface area contributed by atoms with Crippen molar-refractivity contribution in [3.05, 3.63) is 48.5 Å². The molecule has 2 aromatic heterocycles. The monoisotopic (exact) mass is 293 g/mol. The third-order valence-corrected chi connectivity index (χ3v) is 4.79. The van der Waals surface area contributed by atoms with E-state index in [4.69, 9.17) is 9.72 Å². The Morgan fingerprint density at radius 2 is 1.76 bits per heavy atom. The molecule has 104 valence electrons. The standard InChI is InChI=1S/C18H15NOS/c1-2-11-20-18-17-16(12-7-3-5-9-14(12)19-18)13-8-4-6-10-15(13)21-17/h3-10H,2,11H2,1H3. The van der Waals surface area contributed by atoms with Crippen LogP contribution in [0.5, 0.6) is 5.88 Å². The van der Waals surface area contributed by atoms with Crippen LogP contribution in [0.2, 0.25) is 0 Å². The SMILES string of the molecule is CCCOc1nc2ccccc2c2c1sc1ccccc12. The van der Waals surface area contributed by atoms with E-state index in [1.165, 1.54) is 20.9 Å². The van der Waals surface area contributed by atoms with E-state index in [2.05, 4.69) is 49.4 Å². The highest BCUT2D eigenvalue weighted by Crippen LogP contribution is 2.42. The van der Waals surface area contributed by atoms with Gasteiger partial charge in [0.2, 0.25) is 5.88 Å². The number of pyridine rings is 1. The van der Waals surface area contributed by atoms with Crippen molar-refractivity contribution in [2.75, 3.05) is 6.61 Å². The lowest BCUT2D eigenvalue weighted by atomic mass is 10.1. The molecular formula is C18H15NOS. The van der Waals surface area contributed by atoms with E-state index in [-0.39, 0.29) is 0 Å². The molecule has 0 fully saturated rings. The zero-order valence-electron chi connectivity index (χ0n) is 11.8. The first-order chi connectivity index (χ1) is 10.4. The number of hydrogen-bond acceptors (Lipinski definition) is 3. The summed E-state index contributed by atoms with van der Waals surface area (Å²) in [6.45, 7) is 2.82. The Labute approximate surface area is 127 Å². The lowest BCUT2D eigenvalue weighted by molar-refractivity contribution is 0.311. The van der Waals surface area contributed by atoms with E-state index in [9.17, 15) is 0 Å². The van der Waals surface area contributed by atoms with Crippen molar-refractivity contribution in [3.63, 3.8) is 0 Å². The summed E-state index contributed by atoms with van der Waals surface area (Å²) in [7, 11) is 0. The molecular weight excluding hydrogens is 278 g/mol. The van der Waals surface area contributed by atoms with Gasteiger partial charge in [-0.05, 0) is 18.6 Å². The Morgan fingerprint density at radius 3 is 2.62 bits per heavy atom. The Kier molecular flexibility index (Phi) is 3.00. The maximum atomic E-state index is 5.91. The number of benzene rings is 2. The first-order valence-corrected chi connectivity index (χ1v) is 8.03. The predicted molar refractivity (Wildman–Crippen MR) is 90.4 cm³/mol. The smallest absolute Gasteiger partial charge is 0.232 e. The van der Waals surface area contributed by atoms with Gasteiger partial charge in [-0.1, -0.05) is 43.3 Å². The lowest BCUT2D eigenvalue weighted by Gasteiger charge is -2.07. The summed E-state index contributed by atoms with van der Waals surface area (Å²) in [5, 5.41) is 3.76. The molecule has 0 N–H and O–H groups in total. The highest BCUT2D eigenvalue weighted by molar-refractivity contribution is 7.26. The van der Waals surface area contributed by atoms with Crippen LogP contribution in [0.1, 0.15) is 13.3 Å². The Bertz CT molecular complexity index is 942. The van der Waals surface area contributed by atoms with Gasteiger partial charge in [0.1, 0.15) is 0 Å². The second-order valence-corrected chi connectivity index (χ2v) is 6.14. The fourth-order valence-corrected chi connectivity index (χ4v) is 3.86. The zero-order chi connectivity index (χ0) is 14.2. The van der Waals surface area contributed by atoms with Crippen molar-refractivity contribution >= 4 is 42.4 Å². The van der Waals surface area contributed by atoms with Gasteiger partial charge in [0.15, 0.2) is 0 Å². The van der Waals surface area contributed by atoms with Crippen molar-refractivity contribution < 1.29 is 4.74 Å². The van der Waals surface area contributed by atoms with Gasteiger partial charge in [0, 0.05) is 20.9 Å². The van der Waals surface area contributed by atoms with Crippen LogP contribution in [-0.4, -0.2) is 11.6 Å². The topological polar surface area (TPSA) is 22.1 Å². The molecule has 3 heteroatoms. The Balaban J connectivity index is 2.16. The summed E-state index contributed by atoms with van der Waals surface area (Å²) < 4.78 is 8.35. The van der Waals surface area contributed by atoms with Gasteiger partial charge in [-0.2, -0.15) is 0 Å². The number of fused-ring (bicyclic) bond motifs is 5. The van der Waals surface area contributed by atoms with E-state index < -0.39 is 0 Å². The number of rotatable bonds is 3. The van der Waals surface area contributed by atoms with Gasteiger partial charge in [0.25, 0.3) is 0 Å². The fraction of sp³-hybridized carbons (Fsp3) is 0.167. The van der Waals surface area contributed by atoms with Crippen LogP contribution in [0.4, 0.5) is 0 Å². The van der Waals surface area contributed by atoms with Crippen LogP contribution >= 0.6 is 11.3 Å². The lowest BCUT2D eigenvalue weighted by Crippen LogP contribution is -1.97. The fourth-order valence-electron chi connectivity index (χ4n) is 2.70. The second-order valence-electron chi connectivity index (χ2n) is 5.08. The average molecular weight is 293 g/mol. The summed E-state index contributed by atoms with van der Waals surface area (Å²) >= 11 is 1.77. The van der Waals surface area contributed by atoms with E-state index in [0.717, 1.165) is 22.5 Å². The second kappa shape index (κ2) is 5.01. The minimum absolute atomic E-state index is 0.703. The molecule has 2 heterocycles. The highest BCUT2D eigenvalue weighted by Gasteiger charge is 2.14. The molecule has 0 saturated carbocycles. The van der Waals surface area contributed by atoms with Crippen LogP contribution in [0.15, 0.2) is 48.5 Å². The van der Waals surface area contributed by atoms with Crippen molar-refractivity contribution in [2.24, 2.45) is 0 Å². The molecule has 0 aliphatic heterocycles. The van der Waals surface area contributed by atoms with Crippen molar-refractivity contribution in [3.8, 4) is 5.88 Å². The van der Waals surface area contributed by atoms with Gasteiger partial charge in [-0.3, -0.25) is 0 Å². The first kappa shape index (κ1) is 12.6. The minimum Gasteiger partial charge on any atom is -0.477 e. The number of para-hydroxylation sites is 1. The largest absolute Gasteiger partial charge is 0.477 e. The molecule has 2 nitrogen and oxygen atoms in total. The van der Waals surface area contributed by atoms with Gasteiger partial charge in [-0.25, -0.2) is 4.98 Å². The molecule has 0 spiro atoms. The average Bonchev–Trinajstić information content (AvgIpc) is 2.92. The highest BCUT2D eigenvalue weighted by atomic mass is 32.1. The van der Waals surface area contributed by atoms with Crippen LogP contribution in [0.3, 0.4) is 0 Å². The van der Waals surface area contributed by atoms with Crippen molar-refractivity contribution in [2.45, 2.75) is 13.3 Å². The first-order valence-electron chi connectivity index (χ1n) is 7.21. The van der Waals surface area contributed by atoms with Crippen LogP contribution in [0, 0.1) is 0 Å². The Hall–Kier alpha value is -2.13. The third-order valence-electron chi connectivity index (χ3n) is 3.63. The molecule has 0 aliphatic carbocycles. The van der Waals surface area contributed by atoms with E-state index in [1.54, 1.807) is 11.3 Å². The molecule has 0 unspecified atom stereocenters. The molecule has 0 radical (unpaired) electrons. The maximum absolute atomic E-state index is 5.91. The number of hydrogen-bond donors (Lipinski definition) is 0. The summed E-state index contributed by atoms with van der Waals surface area (Å²) in [5.41, 5.74) is 1.000. The summed E-state index contributed by atoms with van der Waals surface area (Å²) in [6, 6.07) is 16.8. The molecule has 0 saturated heterocycles. The van der Waals surface area contributed by atoms with Crippen LogP contribution in [-0.2, 0) is 0 Å². The molecule has 4 aromatic rings. The quantitative estimate of drug-likeness (QED) is 0.505. The molecule has 21 heavy (non-hydrogen) atoms. The number of ether oxygens (including phenoxy) is 1. The summed E-state index contributed by atoms with van der Waals surface area (Å²) in [5.74, 6) is 0.770. The minimum atomic E-state index is 0.703. The van der Waals surface area contributed by atoms with E-state index in [0.29, 0.717) is 6.61 Å². The summed E-state index contributed by atoms with van der Waals surface area (Å²) in [4.78, 5) is 4.72. The number of thiophene rings is 1. The van der Waals surface area contributed by atoms with Crippen molar-refractivity contribution in [1.29, 1.82) is 0 Å². The van der Waals surface area contributed by atoms with Crippen LogP contribution < -0.4 is 4.74 Å². The van der Waals surface area contributed by atoms with Gasteiger partial charge >= 0.3 is 0 Å². The zero-order valence-corrected chi connectivity index (χ0v) is 12.6. The maximum Gasteiger partial charge on any atom is 0.232 e. The molecule has 0 atom stereocenters. The molecule has 4 rings (SSSR count). The van der Waals surface area contributed by atoms with E-state index in [1.807, 2.05) is 6.07 Å². The molecule has 0 aliphatic rings. The number of aromatic nitrogens is 1. The normalized spacial score (nSPS) is 11.5. The predicted octanol–water partition coefficient (Wildman–Crippen LogP) is 5.39. The summed E-state index contributed by atoms with van der Waals surface area (Å²) in [6.07, 6.45) is 0.987. The van der Waals surface area contributed by atoms with Gasteiger partial charge in [-0.15, -0.1) is 11.3 Å².